The van der Waals surface area contributed by atoms with Gasteiger partial charge in [0.2, 0.25) is 0 Å². The van der Waals surface area contributed by atoms with Gasteiger partial charge in [-0.15, -0.1) is 0 Å². The lowest BCUT2D eigenvalue weighted by Gasteiger charge is -2.12. The van der Waals surface area contributed by atoms with Crippen LogP contribution in [0.4, 0.5) is 0 Å². The van der Waals surface area contributed by atoms with Crippen LogP contribution in [-0.4, -0.2) is 30.6 Å². The number of rotatable bonds is 6. The normalized spacial score (nSPS) is 19.8. The molecule has 0 bridgehead atoms. The van der Waals surface area contributed by atoms with Crippen molar-refractivity contribution in [1.82, 2.24) is 15.6 Å². The number of aromatic nitrogens is 1. The van der Waals surface area contributed by atoms with Crippen LogP contribution in [0.1, 0.15) is 48.9 Å². The molecule has 132 valence electrons. The van der Waals surface area contributed by atoms with Crippen molar-refractivity contribution in [1.29, 1.82) is 0 Å². The number of hydrogen-bond donors (Lipinski definition) is 2. The fourth-order valence-electron chi connectivity index (χ4n) is 3.08. The molecule has 1 heterocycles. The van der Waals surface area contributed by atoms with E-state index in [9.17, 15) is 0 Å². The number of nitrogens with zero attached hydrogens (tertiary/aromatic N) is 2. The van der Waals surface area contributed by atoms with Crippen molar-refractivity contribution in [2.45, 2.75) is 44.6 Å². The second kappa shape index (κ2) is 8.15. The van der Waals surface area contributed by atoms with E-state index in [2.05, 4.69) is 64.8 Å². The Balaban J connectivity index is 1.45. The van der Waals surface area contributed by atoms with Crippen LogP contribution < -0.4 is 10.6 Å². The Bertz CT molecular complexity index is 692. The molecular formula is C21H28N4. The van der Waals surface area contributed by atoms with Gasteiger partial charge in [0.05, 0.1) is 0 Å². The van der Waals surface area contributed by atoms with Crippen molar-refractivity contribution in [3.63, 3.8) is 0 Å². The third-order valence-corrected chi connectivity index (χ3v) is 4.77. The summed E-state index contributed by atoms with van der Waals surface area (Å²) in [7, 11) is 1.82. The highest BCUT2D eigenvalue weighted by Crippen LogP contribution is 2.41. The van der Waals surface area contributed by atoms with Crippen LogP contribution in [0.15, 0.2) is 53.7 Å². The van der Waals surface area contributed by atoms with Crippen LogP contribution in [-0.2, 0) is 6.42 Å². The van der Waals surface area contributed by atoms with Gasteiger partial charge in [-0.25, -0.2) is 0 Å². The molecule has 4 heteroatoms. The van der Waals surface area contributed by atoms with Crippen molar-refractivity contribution >= 4 is 5.96 Å². The van der Waals surface area contributed by atoms with Gasteiger partial charge in [0, 0.05) is 43.9 Å². The van der Waals surface area contributed by atoms with Gasteiger partial charge in [-0.1, -0.05) is 44.2 Å². The number of benzene rings is 1. The number of nitrogens with one attached hydrogen (secondary N) is 2. The predicted molar refractivity (Wildman–Crippen MR) is 104 cm³/mol. The zero-order valence-corrected chi connectivity index (χ0v) is 15.4. The summed E-state index contributed by atoms with van der Waals surface area (Å²) in [5.74, 6) is 2.06. The van der Waals surface area contributed by atoms with E-state index in [0.717, 1.165) is 24.6 Å². The van der Waals surface area contributed by atoms with E-state index in [0.29, 0.717) is 17.9 Å². The summed E-state index contributed by atoms with van der Waals surface area (Å²) < 4.78 is 0. The van der Waals surface area contributed by atoms with Gasteiger partial charge in [-0.05, 0) is 35.6 Å². The lowest BCUT2D eigenvalue weighted by molar-refractivity contribution is 0.771. The molecule has 3 rings (SSSR count). The molecule has 0 amide bonds. The Morgan fingerprint density at radius 3 is 2.64 bits per heavy atom. The van der Waals surface area contributed by atoms with Crippen molar-refractivity contribution in [2.24, 2.45) is 4.99 Å². The quantitative estimate of drug-likeness (QED) is 0.627. The average Bonchev–Trinajstić information content (AvgIpc) is 3.41. The second-order valence-electron chi connectivity index (χ2n) is 6.98. The van der Waals surface area contributed by atoms with Crippen molar-refractivity contribution < 1.29 is 0 Å². The van der Waals surface area contributed by atoms with E-state index >= 15 is 0 Å². The van der Waals surface area contributed by atoms with E-state index in [1.807, 2.05) is 25.4 Å². The Hall–Kier alpha value is -2.36. The standard InChI is InChI=1S/C21H28N4/c1-15(2)16-7-9-17(10-8-16)19-14-20(19)25-21(22-3)24-13-11-18-6-4-5-12-23-18/h4-10,12,15,19-20H,11,13-14H2,1-3H3,(H2,22,24,25). The van der Waals surface area contributed by atoms with E-state index < -0.39 is 0 Å². The Morgan fingerprint density at radius 2 is 2.00 bits per heavy atom. The highest BCUT2D eigenvalue weighted by atomic mass is 15.2. The monoisotopic (exact) mass is 336 g/mol. The summed E-state index contributed by atoms with van der Waals surface area (Å²) in [6, 6.07) is 15.6. The maximum Gasteiger partial charge on any atom is 0.191 e. The fourth-order valence-corrected chi connectivity index (χ4v) is 3.08. The fraction of sp³-hybridized carbons (Fsp3) is 0.429. The molecule has 1 aliphatic carbocycles. The molecule has 2 atom stereocenters. The molecule has 25 heavy (non-hydrogen) atoms. The van der Waals surface area contributed by atoms with Gasteiger partial charge in [0.15, 0.2) is 5.96 Å². The molecule has 0 spiro atoms. The summed E-state index contributed by atoms with van der Waals surface area (Å²) in [6.07, 6.45) is 3.90. The number of pyridine rings is 1. The zero-order chi connectivity index (χ0) is 17.6. The first-order chi connectivity index (χ1) is 12.2. The molecule has 0 radical (unpaired) electrons. The Morgan fingerprint density at radius 1 is 1.20 bits per heavy atom. The Kier molecular flexibility index (Phi) is 5.69. The molecule has 4 nitrogen and oxygen atoms in total. The first-order valence-electron chi connectivity index (χ1n) is 9.14. The lowest BCUT2D eigenvalue weighted by atomic mass is 10.0. The molecule has 2 unspecified atom stereocenters. The average molecular weight is 336 g/mol. The van der Waals surface area contributed by atoms with Gasteiger partial charge in [0.25, 0.3) is 0 Å². The van der Waals surface area contributed by atoms with Crippen molar-refractivity contribution in [3.8, 4) is 0 Å². The van der Waals surface area contributed by atoms with Gasteiger partial charge in [0.1, 0.15) is 0 Å². The van der Waals surface area contributed by atoms with Crippen LogP contribution in [0, 0.1) is 0 Å². The Labute approximate surface area is 150 Å². The minimum atomic E-state index is 0.478. The molecule has 2 aromatic rings. The zero-order valence-electron chi connectivity index (χ0n) is 15.4. The molecule has 1 aliphatic rings. The predicted octanol–water partition coefficient (Wildman–Crippen LogP) is 3.47. The van der Waals surface area contributed by atoms with E-state index in [1.165, 1.54) is 17.5 Å². The van der Waals surface area contributed by atoms with E-state index in [4.69, 9.17) is 0 Å². The molecule has 1 aromatic carbocycles. The van der Waals surface area contributed by atoms with Crippen molar-refractivity contribution in [3.05, 3.63) is 65.5 Å². The van der Waals surface area contributed by atoms with Gasteiger partial charge < -0.3 is 10.6 Å². The third-order valence-electron chi connectivity index (χ3n) is 4.77. The lowest BCUT2D eigenvalue weighted by Crippen LogP contribution is -2.40. The van der Waals surface area contributed by atoms with Crippen LogP contribution >= 0.6 is 0 Å². The summed E-state index contributed by atoms with van der Waals surface area (Å²) >= 11 is 0. The third kappa shape index (κ3) is 4.81. The summed E-state index contributed by atoms with van der Waals surface area (Å²) in [5, 5.41) is 6.92. The minimum absolute atomic E-state index is 0.478. The van der Waals surface area contributed by atoms with Gasteiger partial charge in [-0.2, -0.15) is 0 Å². The highest BCUT2D eigenvalue weighted by molar-refractivity contribution is 5.80. The first kappa shape index (κ1) is 17.5. The van der Waals surface area contributed by atoms with Crippen molar-refractivity contribution in [2.75, 3.05) is 13.6 Å². The number of hydrogen-bond acceptors (Lipinski definition) is 2. The maximum absolute atomic E-state index is 4.35. The maximum atomic E-state index is 4.35. The second-order valence-corrected chi connectivity index (χ2v) is 6.98. The van der Waals surface area contributed by atoms with Crippen LogP contribution in [0.3, 0.4) is 0 Å². The number of guanidine groups is 1. The topological polar surface area (TPSA) is 49.3 Å². The molecular weight excluding hydrogens is 308 g/mol. The smallest absolute Gasteiger partial charge is 0.191 e. The van der Waals surface area contributed by atoms with Crippen LogP contribution in [0.25, 0.3) is 0 Å². The number of aliphatic imine (C=N–C) groups is 1. The molecule has 1 fully saturated rings. The highest BCUT2D eigenvalue weighted by Gasteiger charge is 2.38. The molecule has 0 aliphatic heterocycles. The van der Waals surface area contributed by atoms with Crippen LogP contribution in [0.2, 0.25) is 0 Å². The molecule has 0 saturated heterocycles. The summed E-state index contributed by atoms with van der Waals surface area (Å²) in [6.45, 7) is 5.30. The SMILES string of the molecule is CN=C(NCCc1ccccn1)NC1CC1c1ccc(C(C)C)cc1. The summed E-state index contributed by atoms with van der Waals surface area (Å²) in [4.78, 5) is 8.68. The van der Waals surface area contributed by atoms with Gasteiger partial charge in [-0.3, -0.25) is 9.98 Å². The van der Waals surface area contributed by atoms with E-state index in [-0.39, 0.29) is 0 Å². The summed E-state index contributed by atoms with van der Waals surface area (Å²) in [5.41, 5.74) is 3.92. The molecule has 1 saturated carbocycles. The van der Waals surface area contributed by atoms with E-state index in [1.54, 1.807) is 0 Å². The minimum Gasteiger partial charge on any atom is -0.356 e. The van der Waals surface area contributed by atoms with Gasteiger partial charge >= 0.3 is 0 Å². The largest absolute Gasteiger partial charge is 0.356 e. The van der Waals surface area contributed by atoms with Crippen LogP contribution in [0.5, 0.6) is 0 Å². The molecule has 2 N–H and O–H groups in total. The first-order valence-corrected chi connectivity index (χ1v) is 9.14. The molecule has 1 aromatic heterocycles.